The third-order valence-electron chi connectivity index (χ3n) is 2.20. The van der Waals surface area contributed by atoms with E-state index in [1.165, 1.54) is 0 Å². The summed E-state index contributed by atoms with van der Waals surface area (Å²) < 4.78 is 5.23. The van der Waals surface area contributed by atoms with E-state index in [1.54, 1.807) is 13.8 Å². The largest absolute Gasteiger partial charge is 0.388 e. The van der Waals surface area contributed by atoms with Crippen LogP contribution in [-0.4, -0.2) is 51.0 Å². The van der Waals surface area contributed by atoms with E-state index in [2.05, 4.69) is 5.32 Å². The number of hydrogen-bond donors (Lipinski definition) is 4. The quantitative estimate of drug-likeness (QED) is 0.414. The average molecular weight is 221 g/mol. The highest BCUT2D eigenvalue weighted by atomic mass is 32.1. The highest BCUT2D eigenvalue weighted by Gasteiger charge is 2.41. The lowest BCUT2D eigenvalue weighted by molar-refractivity contribution is -0.220. The molecule has 5 nitrogen and oxygen atoms in total. The first-order valence-electron chi connectivity index (χ1n) is 4.40. The number of hydrogen-bond acceptors (Lipinski definition) is 5. The Morgan fingerprint density at radius 3 is 2.29 bits per heavy atom. The van der Waals surface area contributed by atoms with Crippen molar-refractivity contribution < 1.29 is 20.1 Å². The van der Waals surface area contributed by atoms with E-state index in [0.29, 0.717) is 4.99 Å². The Hall–Kier alpha value is -0.270. The predicted molar refractivity (Wildman–Crippen MR) is 53.8 cm³/mol. The second-order valence-corrected chi connectivity index (χ2v) is 4.05. The molecule has 1 saturated heterocycles. The molecule has 0 aliphatic carbocycles. The maximum atomic E-state index is 9.52. The number of ether oxygens (including phenoxy) is 1. The van der Waals surface area contributed by atoms with Gasteiger partial charge in [-0.05, 0) is 13.8 Å². The molecule has 0 radical (unpaired) electrons. The van der Waals surface area contributed by atoms with Crippen LogP contribution in [0.25, 0.3) is 0 Å². The lowest BCUT2D eigenvalue weighted by atomic mass is 9.99. The molecule has 1 heterocycles. The van der Waals surface area contributed by atoms with Gasteiger partial charge >= 0.3 is 0 Å². The van der Waals surface area contributed by atoms with Crippen LogP contribution in [0.1, 0.15) is 13.8 Å². The molecule has 5 atom stereocenters. The second-order valence-electron chi connectivity index (χ2n) is 3.43. The Morgan fingerprint density at radius 2 is 1.79 bits per heavy atom. The van der Waals surface area contributed by atoms with E-state index in [4.69, 9.17) is 17.0 Å². The smallest absolute Gasteiger partial charge is 0.157 e. The van der Waals surface area contributed by atoms with Crippen LogP contribution in [0.4, 0.5) is 0 Å². The van der Waals surface area contributed by atoms with Crippen molar-refractivity contribution in [2.45, 2.75) is 44.5 Å². The summed E-state index contributed by atoms with van der Waals surface area (Å²) in [5.74, 6) is 0. The molecule has 1 aliphatic heterocycles. The Kier molecular flexibility index (Phi) is 3.79. The lowest BCUT2D eigenvalue weighted by Gasteiger charge is -2.39. The van der Waals surface area contributed by atoms with E-state index >= 15 is 0 Å². The second kappa shape index (κ2) is 4.50. The molecule has 0 saturated carbocycles. The van der Waals surface area contributed by atoms with Gasteiger partial charge in [-0.3, -0.25) is 0 Å². The number of aliphatic hydroxyl groups excluding tert-OH is 3. The standard InChI is InChI=1S/C8H15NO4S/c1-3-5(10)6(11)7(12)8(13-3)9-4(2)14/h3,5-8,10-12H,1-2H3,(H,9,14). The van der Waals surface area contributed by atoms with Gasteiger partial charge in [0.25, 0.3) is 0 Å². The Balaban J connectivity index is 2.65. The maximum Gasteiger partial charge on any atom is 0.157 e. The summed E-state index contributed by atoms with van der Waals surface area (Å²) in [6, 6.07) is 0. The number of rotatable bonds is 1. The van der Waals surface area contributed by atoms with E-state index in [9.17, 15) is 15.3 Å². The monoisotopic (exact) mass is 221 g/mol. The molecular weight excluding hydrogens is 206 g/mol. The van der Waals surface area contributed by atoms with Gasteiger partial charge in [0.1, 0.15) is 18.3 Å². The molecule has 0 aromatic rings. The molecule has 0 spiro atoms. The summed E-state index contributed by atoms with van der Waals surface area (Å²) in [5, 5.41) is 31.0. The third kappa shape index (κ3) is 2.40. The van der Waals surface area contributed by atoms with E-state index in [0.717, 1.165) is 0 Å². The van der Waals surface area contributed by atoms with Crippen molar-refractivity contribution >= 4 is 17.2 Å². The minimum absolute atomic E-state index is 0.463. The molecule has 82 valence electrons. The zero-order chi connectivity index (χ0) is 10.9. The third-order valence-corrected chi connectivity index (χ3v) is 2.32. The highest BCUT2D eigenvalue weighted by Crippen LogP contribution is 2.19. The van der Waals surface area contributed by atoms with Crippen LogP contribution in [0.5, 0.6) is 0 Å². The van der Waals surface area contributed by atoms with Gasteiger partial charge in [0.2, 0.25) is 0 Å². The van der Waals surface area contributed by atoms with Crippen LogP contribution >= 0.6 is 12.2 Å². The summed E-state index contributed by atoms with van der Waals surface area (Å²) in [7, 11) is 0. The summed E-state index contributed by atoms with van der Waals surface area (Å²) in [6.07, 6.45) is -4.78. The fourth-order valence-electron chi connectivity index (χ4n) is 1.37. The van der Waals surface area contributed by atoms with Gasteiger partial charge in [-0.15, -0.1) is 0 Å². The molecule has 1 rings (SSSR count). The molecule has 0 bridgehead atoms. The molecule has 1 fully saturated rings. The van der Waals surface area contributed by atoms with Crippen LogP contribution < -0.4 is 5.32 Å². The molecule has 0 aromatic carbocycles. The molecule has 14 heavy (non-hydrogen) atoms. The van der Waals surface area contributed by atoms with Crippen molar-refractivity contribution in [1.29, 1.82) is 0 Å². The number of thiocarbonyl (C=S) groups is 1. The van der Waals surface area contributed by atoms with Crippen LogP contribution in [0.3, 0.4) is 0 Å². The van der Waals surface area contributed by atoms with Crippen molar-refractivity contribution in [3.63, 3.8) is 0 Å². The normalized spacial score (nSPS) is 43.4. The van der Waals surface area contributed by atoms with Crippen molar-refractivity contribution in [2.24, 2.45) is 0 Å². The molecular formula is C8H15NO4S. The van der Waals surface area contributed by atoms with Gasteiger partial charge in [0.05, 0.1) is 11.1 Å². The van der Waals surface area contributed by atoms with Crippen molar-refractivity contribution in [3.8, 4) is 0 Å². The first-order valence-corrected chi connectivity index (χ1v) is 4.81. The summed E-state index contributed by atoms with van der Waals surface area (Å²) in [5.41, 5.74) is 0. The zero-order valence-electron chi connectivity index (χ0n) is 8.04. The molecule has 5 unspecified atom stereocenters. The minimum atomic E-state index is -1.22. The van der Waals surface area contributed by atoms with Gasteiger partial charge in [-0.25, -0.2) is 0 Å². The van der Waals surface area contributed by atoms with Crippen LogP contribution in [0.15, 0.2) is 0 Å². The van der Waals surface area contributed by atoms with Crippen molar-refractivity contribution in [1.82, 2.24) is 5.32 Å². The average Bonchev–Trinajstić information content (AvgIpc) is 2.10. The maximum absolute atomic E-state index is 9.52. The van der Waals surface area contributed by atoms with Gasteiger partial charge < -0.3 is 25.4 Å². The highest BCUT2D eigenvalue weighted by molar-refractivity contribution is 7.80. The van der Waals surface area contributed by atoms with Gasteiger partial charge in [0.15, 0.2) is 6.23 Å². The van der Waals surface area contributed by atoms with E-state index < -0.39 is 30.6 Å². The van der Waals surface area contributed by atoms with Crippen molar-refractivity contribution in [2.75, 3.05) is 0 Å². The Morgan fingerprint density at radius 1 is 1.21 bits per heavy atom. The SMILES string of the molecule is CC(=S)NC1OC(C)C(O)C(O)C1O. The zero-order valence-corrected chi connectivity index (χ0v) is 8.86. The van der Waals surface area contributed by atoms with E-state index in [-0.39, 0.29) is 0 Å². The molecule has 6 heteroatoms. The summed E-state index contributed by atoms with van der Waals surface area (Å²) in [4.78, 5) is 0.463. The van der Waals surface area contributed by atoms with E-state index in [1.807, 2.05) is 0 Å². The molecule has 0 amide bonds. The van der Waals surface area contributed by atoms with Crippen LogP contribution in [-0.2, 0) is 4.74 Å². The fraction of sp³-hybridized carbons (Fsp3) is 0.875. The first kappa shape index (κ1) is 11.8. The first-order chi connectivity index (χ1) is 6.43. The predicted octanol–water partition coefficient (Wildman–Crippen LogP) is -1.25. The number of aliphatic hydroxyl groups is 3. The van der Waals surface area contributed by atoms with Gasteiger partial charge in [0, 0.05) is 0 Å². The lowest BCUT2D eigenvalue weighted by Crippen LogP contribution is -2.61. The number of nitrogens with one attached hydrogen (secondary N) is 1. The fourth-order valence-corrected chi connectivity index (χ4v) is 1.49. The van der Waals surface area contributed by atoms with Gasteiger partial charge in [-0.2, -0.15) is 0 Å². The summed E-state index contributed by atoms with van der Waals surface area (Å²) >= 11 is 4.79. The topological polar surface area (TPSA) is 82.0 Å². The minimum Gasteiger partial charge on any atom is -0.388 e. The van der Waals surface area contributed by atoms with Crippen LogP contribution in [0.2, 0.25) is 0 Å². The molecule has 4 N–H and O–H groups in total. The molecule has 1 aliphatic rings. The van der Waals surface area contributed by atoms with Crippen molar-refractivity contribution in [3.05, 3.63) is 0 Å². The summed E-state index contributed by atoms with van der Waals surface area (Å²) in [6.45, 7) is 3.26. The molecule has 0 aromatic heterocycles. The van der Waals surface area contributed by atoms with Crippen LogP contribution in [0, 0.1) is 0 Å². The van der Waals surface area contributed by atoms with Gasteiger partial charge in [-0.1, -0.05) is 12.2 Å². The Bertz CT molecular complexity index is 225. The Labute approximate surface area is 87.7 Å².